The molecule has 0 aliphatic carbocycles. The molecule has 0 atom stereocenters. The van der Waals surface area contributed by atoms with Crippen molar-refractivity contribution in [2.24, 2.45) is 0 Å². The third-order valence-corrected chi connectivity index (χ3v) is 4.06. The number of nitrogens with zero attached hydrogens (tertiary/aromatic N) is 3. The summed E-state index contributed by atoms with van der Waals surface area (Å²) in [7, 11) is 0. The van der Waals surface area contributed by atoms with Gasteiger partial charge in [0.1, 0.15) is 5.65 Å². The average Bonchev–Trinajstić information content (AvgIpc) is 3.25. The number of carbonyl (C=O) groups is 1. The van der Waals surface area contributed by atoms with Gasteiger partial charge in [-0.15, -0.1) is 0 Å². The van der Waals surface area contributed by atoms with Gasteiger partial charge in [0.05, 0.1) is 11.9 Å². The molecule has 3 aromatic heterocycles. The number of nitrogens with one attached hydrogen (secondary N) is 1. The molecular formula is C19H16N4O2. The average molecular weight is 332 g/mol. The molecule has 6 nitrogen and oxygen atoms in total. The monoisotopic (exact) mass is 332 g/mol. The molecule has 0 fully saturated rings. The molecule has 0 unspecified atom stereocenters. The quantitative estimate of drug-likeness (QED) is 0.618. The summed E-state index contributed by atoms with van der Waals surface area (Å²) in [5.41, 5.74) is 5.50. The van der Waals surface area contributed by atoms with Crippen molar-refractivity contribution < 1.29 is 9.32 Å². The first-order valence-electron chi connectivity index (χ1n) is 7.88. The van der Waals surface area contributed by atoms with Crippen LogP contribution in [0.4, 0.5) is 5.69 Å². The van der Waals surface area contributed by atoms with Gasteiger partial charge in [-0.25, -0.2) is 4.98 Å². The van der Waals surface area contributed by atoms with Gasteiger partial charge >= 0.3 is 0 Å². The highest BCUT2D eigenvalue weighted by Crippen LogP contribution is 2.26. The first kappa shape index (κ1) is 15.1. The number of pyridine rings is 1. The summed E-state index contributed by atoms with van der Waals surface area (Å²) in [6.07, 6.45) is 5.40. The van der Waals surface area contributed by atoms with Crippen LogP contribution in [0.5, 0.6) is 0 Å². The summed E-state index contributed by atoms with van der Waals surface area (Å²) >= 11 is 0. The predicted molar refractivity (Wildman–Crippen MR) is 94.6 cm³/mol. The van der Waals surface area contributed by atoms with Crippen LogP contribution in [-0.2, 0) is 0 Å². The number of rotatable bonds is 3. The van der Waals surface area contributed by atoms with Crippen molar-refractivity contribution >= 4 is 17.2 Å². The van der Waals surface area contributed by atoms with Gasteiger partial charge in [0.15, 0.2) is 0 Å². The van der Waals surface area contributed by atoms with Gasteiger partial charge in [-0.3, -0.25) is 4.79 Å². The third-order valence-electron chi connectivity index (χ3n) is 4.06. The van der Waals surface area contributed by atoms with Crippen molar-refractivity contribution in [1.29, 1.82) is 0 Å². The first-order valence-corrected chi connectivity index (χ1v) is 7.88. The first-order chi connectivity index (χ1) is 12.1. The number of carbonyl (C=O) groups excluding carboxylic acids is 1. The van der Waals surface area contributed by atoms with E-state index in [0.717, 1.165) is 28.0 Å². The highest BCUT2D eigenvalue weighted by molar-refractivity contribution is 6.02. The van der Waals surface area contributed by atoms with Crippen molar-refractivity contribution in [3.63, 3.8) is 0 Å². The molecule has 4 aromatic rings. The largest absolute Gasteiger partial charge is 0.351 e. The lowest BCUT2D eigenvalue weighted by molar-refractivity contribution is 0.0988. The van der Waals surface area contributed by atoms with E-state index in [1.54, 1.807) is 0 Å². The van der Waals surface area contributed by atoms with E-state index >= 15 is 0 Å². The Bertz CT molecular complexity index is 1060. The van der Waals surface area contributed by atoms with Gasteiger partial charge in [-0.05, 0) is 43.2 Å². The lowest BCUT2D eigenvalue weighted by Crippen LogP contribution is -2.11. The number of anilines is 1. The Morgan fingerprint density at radius 3 is 2.84 bits per heavy atom. The summed E-state index contributed by atoms with van der Waals surface area (Å²) < 4.78 is 6.88. The highest BCUT2D eigenvalue weighted by atomic mass is 16.5. The second kappa shape index (κ2) is 5.90. The lowest BCUT2D eigenvalue weighted by atomic mass is 10.1. The fraction of sp³-hybridized carbons (Fsp3) is 0.105. The summed E-state index contributed by atoms with van der Waals surface area (Å²) in [4.78, 5) is 16.9. The molecule has 0 saturated heterocycles. The molecule has 1 amide bonds. The van der Waals surface area contributed by atoms with Crippen molar-refractivity contribution in [2.45, 2.75) is 13.8 Å². The number of benzene rings is 1. The lowest BCUT2D eigenvalue weighted by Gasteiger charge is -2.08. The zero-order valence-corrected chi connectivity index (χ0v) is 13.9. The van der Waals surface area contributed by atoms with Crippen LogP contribution in [-0.4, -0.2) is 20.4 Å². The van der Waals surface area contributed by atoms with Gasteiger partial charge in [0.2, 0.25) is 5.76 Å². The van der Waals surface area contributed by atoms with Crippen LogP contribution >= 0.6 is 0 Å². The maximum Gasteiger partial charge on any atom is 0.294 e. The second-order valence-corrected chi connectivity index (χ2v) is 5.96. The Morgan fingerprint density at radius 2 is 2.04 bits per heavy atom. The van der Waals surface area contributed by atoms with Crippen LogP contribution in [0.1, 0.15) is 21.7 Å². The number of hydrogen-bond acceptors (Lipinski definition) is 4. The molecule has 0 saturated carbocycles. The molecule has 1 aromatic carbocycles. The number of hydrogen-bond donors (Lipinski definition) is 1. The molecule has 1 N–H and O–H groups in total. The molecule has 124 valence electrons. The maximum atomic E-state index is 12.2. The van der Waals surface area contributed by atoms with E-state index in [0.29, 0.717) is 5.69 Å². The zero-order valence-electron chi connectivity index (χ0n) is 13.9. The highest BCUT2D eigenvalue weighted by Gasteiger charge is 2.13. The Hall–Kier alpha value is -3.41. The van der Waals surface area contributed by atoms with Crippen LogP contribution in [0, 0.1) is 13.8 Å². The Kier molecular flexibility index (Phi) is 3.57. The third kappa shape index (κ3) is 2.89. The summed E-state index contributed by atoms with van der Waals surface area (Å²) in [6, 6.07) is 11.5. The minimum atomic E-state index is -0.330. The van der Waals surface area contributed by atoms with E-state index in [-0.39, 0.29) is 11.7 Å². The van der Waals surface area contributed by atoms with Gasteiger partial charge in [0.25, 0.3) is 5.91 Å². The number of aryl methyl sites for hydroxylation is 2. The van der Waals surface area contributed by atoms with Crippen molar-refractivity contribution in [3.05, 3.63) is 71.9 Å². The molecule has 0 spiro atoms. The molecule has 0 aliphatic rings. The Morgan fingerprint density at radius 1 is 1.16 bits per heavy atom. The van der Waals surface area contributed by atoms with E-state index in [1.807, 2.05) is 61.0 Å². The standard InChI is InChI=1S/C19H16N4O2/c1-12-6-8-23-11-16(21-18(23)9-12)14-4-3-13(2)15(10-14)22-19(24)17-5-7-20-25-17/h3-11H,1-2H3,(H,22,24). The van der Waals surface area contributed by atoms with Crippen LogP contribution < -0.4 is 5.32 Å². The van der Waals surface area contributed by atoms with Gasteiger partial charge in [-0.1, -0.05) is 17.3 Å². The minimum Gasteiger partial charge on any atom is -0.351 e. The van der Waals surface area contributed by atoms with Crippen LogP contribution in [0.3, 0.4) is 0 Å². The molecular weight excluding hydrogens is 316 g/mol. The second-order valence-electron chi connectivity index (χ2n) is 5.96. The molecule has 25 heavy (non-hydrogen) atoms. The topological polar surface area (TPSA) is 72.4 Å². The SMILES string of the molecule is Cc1ccn2cc(-c3ccc(C)c(NC(=O)c4ccno4)c3)nc2c1. The maximum absolute atomic E-state index is 12.2. The fourth-order valence-corrected chi connectivity index (χ4v) is 2.66. The smallest absolute Gasteiger partial charge is 0.294 e. The molecule has 0 bridgehead atoms. The zero-order chi connectivity index (χ0) is 17.4. The normalized spacial score (nSPS) is 11.0. The fourth-order valence-electron chi connectivity index (χ4n) is 2.66. The van der Waals surface area contributed by atoms with E-state index in [2.05, 4.69) is 15.5 Å². The van der Waals surface area contributed by atoms with Gasteiger partial charge in [0, 0.05) is 29.7 Å². The van der Waals surface area contributed by atoms with Gasteiger partial charge in [-0.2, -0.15) is 0 Å². The Labute approximate surface area is 144 Å². The molecule has 6 heteroatoms. The molecule has 3 heterocycles. The number of fused-ring (bicyclic) bond motifs is 1. The van der Waals surface area contributed by atoms with E-state index in [4.69, 9.17) is 4.52 Å². The molecule has 4 rings (SSSR count). The van der Waals surface area contributed by atoms with Gasteiger partial charge < -0.3 is 14.2 Å². The molecule has 0 aliphatic heterocycles. The van der Waals surface area contributed by atoms with Crippen LogP contribution in [0.15, 0.2) is 59.5 Å². The van der Waals surface area contributed by atoms with E-state index in [1.165, 1.54) is 12.3 Å². The number of amides is 1. The van der Waals surface area contributed by atoms with Crippen molar-refractivity contribution in [3.8, 4) is 11.3 Å². The van der Waals surface area contributed by atoms with E-state index in [9.17, 15) is 4.79 Å². The molecule has 0 radical (unpaired) electrons. The number of imidazole rings is 1. The van der Waals surface area contributed by atoms with E-state index < -0.39 is 0 Å². The minimum absolute atomic E-state index is 0.174. The predicted octanol–water partition coefficient (Wildman–Crippen LogP) is 3.86. The van der Waals surface area contributed by atoms with Crippen molar-refractivity contribution in [2.75, 3.05) is 5.32 Å². The summed E-state index contributed by atoms with van der Waals surface area (Å²) in [6.45, 7) is 3.98. The summed E-state index contributed by atoms with van der Waals surface area (Å²) in [5, 5.41) is 6.41. The van der Waals surface area contributed by atoms with Crippen LogP contribution in [0.25, 0.3) is 16.9 Å². The van der Waals surface area contributed by atoms with Crippen LogP contribution in [0.2, 0.25) is 0 Å². The van der Waals surface area contributed by atoms with Crippen molar-refractivity contribution in [1.82, 2.24) is 14.5 Å². The number of aromatic nitrogens is 3. The Balaban J connectivity index is 1.69. The summed E-state index contributed by atoms with van der Waals surface area (Å²) in [5.74, 6) is -0.156.